The summed E-state index contributed by atoms with van der Waals surface area (Å²) < 4.78 is 5.37. The second-order valence-corrected chi connectivity index (χ2v) is 5.10. The predicted octanol–water partition coefficient (Wildman–Crippen LogP) is 0.868. The average molecular weight is 228 g/mol. The van der Waals surface area contributed by atoms with Crippen LogP contribution in [0, 0.1) is 5.92 Å². The maximum absolute atomic E-state index is 12.3. The van der Waals surface area contributed by atoms with Gasteiger partial charge in [0, 0.05) is 18.6 Å². The molecule has 1 rings (SSSR count). The lowest BCUT2D eigenvalue weighted by Gasteiger charge is -2.37. The summed E-state index contributed by atoms with van der Waals surface area (Å²) in [4.78, 5) is 14.2. The van der Waals surface area contributed by atoms with Crippen LogP contribution in [0.15, 0.2) is 0 Å². The molecule has 1 amide bonds. The maximum atomic E-state index is 12.3. The minimum Gasteiger partial charge on any atom is -0.379 e. The molecule has 1 aliphatic heterocycles. The zero-order valence-electron chi connectivity index (χ0n) is 11.0. The van der Waals surface area contributed by atoms with Gasteiger partial charge in [0.15, 0.2) is 0 Å². The van der Waals surface area contributed by atoms with Gasteiger partial charge in [-0.1, -0.05) is 6.92 Å². The molecule has 1 heterocycles. The Hall–Kier alpha value is -0.610. The topological polar surface area (TPSA) is 41.6 Å². The molecular weight excluding hydrogens is 204 g/mol. The first-order chi connectivity index (χ1) is 7.44. The summed E-state index contributed by atoms with van der Waals surface area (Å²) >= 11 is 0. The van der Waals surface area contributed by atoms with E-state index in [-0.39, 0.29) is 23.4 Å². The molecule has 0 aromatic rings. The van der Waals surface area contributed by atoms with E-state index in [1.54, 1.807) is 0 Å². The summed E-state index contributed by atoms with van der Waals surface area (Å²) in [6.07, 6.45) is 0.951. The van der Waals surface area contributed by atoms with Gasteiger partial charge in [-0.3, -0.25) is 4.79 Å². The van der Waals surface area contributed by atoms with Gasteiger partial charge in [-0.05, 0) is 27.3 Å². The number of nitrogens with zero attached hydrogens (tertiary/aromatic N) is 1. The van der Waals surface area contributed by atoms with Crippen molar-refractivity contribution in [3.05, 3.63) is 0 Å². The second-order valence-electron chi connectivity index (χ2n) is 5.10. The number of likely N-dealkylation sites (N-methyl/N-ethyl adjacent to an activating group) is 1. The zero-order valence-corrected chi connectivity index (χ0v) is 11.0. The molecule has 0 spiro atoms. The van der Waals surface area contributed by atoms with E-state index in [1.807, 2.05) is 19.0 Å². The van der Waals surface area contributed by atoms with Crippen molar-refractivity contribution in [3.63, 3.8) is 0 Å². The Morgan fingerprint density at radius 2 is 2.12 bits per heavy atom. The second kappa shape index (κ2) is 5.15. The fourth-order valence-corrected chi connectivity index (χ4v) is 1.87. The number of nitrogens with one attached hydrogen (secondary N) is 1. The Balaban J connectivity index is 2.70. The number of carbonyl (C=O) groups is 1. The quantitative estimate of drug-likeness (QED) is 0.776. The summed E-state index contributed by atoms with van der Waals surface area (Å²) in [5.41, 5.74) is -0.0854. The summed E-state index contributed by atoms with van der Waals surface area (Å²) in [6, 6.07) is 0.155. The molecule has 2 atom stereocenters. The van der Waals surface area contributed by atoms with Gasteiger partial charge in [0.1, 0.15) is 0 Å². The van der Waals surface area contributed by atoms with Crippen LogP contribution in [0.3, 0.4) is 0 Å². The summed E-state index contributed by atoms with van der Waals surface area (Å²) in [7, 11) is 3.77. The van der Waals surface area contributed by atoms with Crippen molar-refractivity contribution in [1.82, 2.24) is 10.2 Å². The van der Waals surface area contributed by atoms with Crippen LogP contribution in [0.1, 0.15) is 27.2 Å². The van der Waals surface area contributed by atoms with Crippen LogP contribution in [0.4, 0.5) is 0 Å². The Labute approximate surface area is 98.3 Å². The van der Waals surface area contributed by atoms with Crippen molar-refractivity contribution in [2.45, 2.75) is 38.8 Å². The highest BCUT2D eigenvalue weighted by Crippen LogP contribution is 2.22. The SMILES string of the molecule is CCC(C)(C)N(C)C(=O)C1COCC1NC. The van der Waals surface area contributed by atoms with Crippen LogP contribution in [0.2, 0.25) is 0 Å². The van der Waals surface area contributed by atoms with Gasteiger partial charge < -0.3 is 15.0 Å². The molecule has 0 aromatic carbocycles. The molecule has 0 saturated carbocycles. The molecular formula is C12H24N2O2. The van der Waals surface area contributed by atoms with Crippen molar-refractivity contribution >= 4 is 5.91 Å². The van der Waals surface area contributed by atoms with E-state index in [1.165, 1.54) is 0 Å². The standard InChI is InChI=1S/C12H24N2O2/c1-6-12(2,3)14(5)11(15)9-7-16-8-10(9)13-4/h9-10,13H,6-8H2,1-5H3. The molecule has 4 nitrogen and oxygen atoms in total. The van der Waals surface area contributed by atoms with Gasteiger partial charge >= 0.3 is 0 Å². The number of rotatable bonds is 4. The molecule has 1 N–H and O–H groups in total. The number of hydrogen-bond acceptors (Lipinski definition) is 3. The summed E-state index contributed by atoms with van der Waals surface area (Å²) in [5.74, 6) is 0.143. The fraction of sp³-hybridized carbons (Fsp3) is 0.917. The normalized spacial score (nSPS) is 25.8. The number of ether oxygens (including phenoxy) is 1. The molecule has 1 saturated heterocycles. The van der Waals surface area contributed by atoms with Crippen LogP contribution in [0.5, 0.6) is 0 Å². The van der Waals surface area contributed by atoms with Crippen LogP contribution < -0.4 is 5.32 Å². The Morgan fingerprint density at radius 1 is 1.50 bits per heavy atom. The van der Waals surface area contributed by atoms with Crippen LogP contribution >= 0.6 is 0 Å². The van der Waals surface area contributed by atoms with E-state index in [0.717, 1.165) is 6.42 Å². The lowest BCUT2D eigenvalue weighted by molar-refractivity contribution is -0.139. The zero-order chi connectivity index (χ0) is 12.3. The minimum atomic E-state index is -0.0854. The Bertz CT molecular complexity index is 249. The van der Waals surface area contributed by atoms with Crippen LogP contribution in [-0.4, -0.2) is 49.7 Å². The smallest absolute Gasteiger partial charge is 0.229 e. The molecule has 1 aliphatic rings. The van der Waals surface area contributed by atoms with E-state index in [9.17, 15) is 4.79 Å². The number of carbonyl (C=O) groups excluding carboxylic acids is 1. The Morgan fingerprint density at radius 3 is 2.62 bits per heavy atom. The first-order valence-electron chi connectivity index (χ1n) is 5.96. The van der Waals surface area contributed by atoms with Gasteiger partial charge in [-0.15, -0.1) is 0 Å². The molecule has 0 aliphatic carbocycles. The van der Waals surface area contributed by atoms with Crippen molar-refractivity contribution in [2.24, 2.45) is 5.92 Å². The molecule has 4 heteroatoms. The first-order valence-corrected chi connectivity index (χ1v) is 5.96. The average Bonchev–Trinajstić information content (AvgIpc) is 2.74. The van der Waals surface area contributed by atoms with Gasteiger partial charge in [-0.2, -0.15) is 0 Å². The third kappa shape index (κ3) is 2.55. The molecule has 0 bridgehead atoms. The van der Waals surface area contributed by atoms with Gasteiger partial charge in [0.25, 0.3) is 0 Å². The number of hydrogen-bond donors (Lipinski definition) is 1. The highest BCUT2D eigenvalue weighted by atomic mass is 16.5. The molecule has 2 unspecified atom stereocenters. The maximum Gasteiger partial charge on any atom is 0.229 e. The molecule has 0 radical (unpaired) electrons. The molecule has 94 valence electrons. The number of amides is 1. The van der Waals surface area contributed by atoms with Gasteiger partial charge in [0.2, 0.25) is 5.91 Å². The monoisotopic (exact) mass is 228 g/mol. The third-order valence-electron chi connectivity index (χ3n) is 3.87. The van der Waals surface area contributed by atoms with E-state index >= 15 is 0 Å². The molecule has 16 heavy (non-hydrogen) atoms. The summed E-state index contributed by atoms with van der Waals surface area (Å²) in [6.45, 7) is 7.45. The van der Waals surface area contributed by atoms with E-state index in [2.05, 4.69) is 26.1 Å². The van der Waals surface area contributed by atoms with Crippen LogP contribution in [0.25, 0.3) is 0 Å². The lowest BCUT2D eigenvalue weighted by atomic mass is 9.95. The Kier molecular flexibility index (Phi) is 4.33. The predicted molar refractivity (Wildman–Crippen MR) is 64.3 cm³/mol. The van der Waals surface area contributed by atoms with E-state index in [0.29, 0.717) is 13.2 Å². The third-order valence-corrected chi connectivity index (χ3v) is 3.87. The molecule has 1 fully saturated rings. The van der Waals surface area contributed by atoms with Crippen molar-refractivity contribution in [2.75, 3.05) is 27.3 Å². The van der Waals surface area contributed by atoms with E-state index < -0.39 is 0 Å². The van der Waals surface area contributed by atoms with Gasteiger partial charge in [-0.25, -0.2) is 0 Å². The highest BCUT2D eigenvalue weighted by Gasteiger charge is 2.38. The molecule has 0 aromatic heterocycles. The van der Waals surface area contributed by atoms with E-state index in [4.69, 9.17) is 4.74 Å². The van der Waals surface area contributed by atoms with Crippen LogP contribution in [-0.2, 0) is 9.53 Å². The first kappa shape index (κ1) is 13.5. The minimum absolute atomic E-state index is 0.0409. The van der Waals surface area contributed by atoms with Crippen molar-refractivity contribution < 1.29 is 9.53 Å². The van der Waals surface area contributed by atoms with Gasteiger partial charge in [0.05, 0.1) is 19.1 Å². The van der Waals surface area contributed by atoms with Crippen molar-refractivity contribution in [3.8, 4) is 0 Å². The fourth-order valence-electron chi connectivity index (χ4n) is 1.87. The highest BCUT2D eigenvalue weighted by molar-refractivity contribution is 5.80. The lowest BCUT2D eigenvalue weighted by Crippen LogP contribution is -2.51. The van der Waals surface area contributed by atoms with Crippen molar-refractivity contribution in [1.29, 1.82) is 0 Å². The largest absolute Gasteiger partial charge is 0.379 e. The summed E-state index contributed by atoms with van der Waals surface area (Å²) in [5, 5.41) is 3.15.